The fraction of sp³-hybridized carbons (Fsp3) is 0.800. The minimum atomic E-state index is -0.0438. The van der Waals surface area contributed by atoms with Crippen molar-refractivity contribution in [2.75, 3.05) is 11.5 Å². The van der Waals surface area contributed by atoms with Crippen molar-refractivity contribution in [3.8, 4) is 0 Å². The van der Waals surface area contributed by atoms with Crippen molar-refractivity contribution in [3.63, 3.8) is 0 Å². The third-order valence-electron chi connectivity index (χ3n) is 2.70. The molecule has 3 heteroatoms. The average molecular weight is 271 g/mol. The molecule has 0 aromatic rings. The Labute approximate surface area is 115 Å². The maximum absolute atomic E-state index is 11.8. The van der Waals surface area contributed by atoms with Gasteiger partial charge in [-0.2, -0.15) is 4.36 Å². The van der Waals surface area contributed by atoms with Crippen LogP contribution in [-0.2, 0) is 15.5 Å². The summed E-state index contributed by atoms with van der Waals surface area (Å²) in [5, 5.41) is 0. The SMILES string of the molecule is CCCCS(CCCC)=NC(=O)/C=C(\C)CCC. The van der Waals surface area contributed by atoms with E-state index in [0.29, 0.717) is 0 Å². The van der Waals surface area contributed by atoms with Crippen molar-refractivity contribution in [1.29, 1.82) is 0 Å². The number of unbranched alkanes of at least 4 members (excludes halogenated alkanes) is 2. The van der Waals surface area contributed by atoms with Crippen molar-refractivity contribution in [2.45, 2.75) is 66.2 Å². The van der Waals surface area contributed by atoms with Crippen LogP contribution in [0.5, 0.6) is 0 Å². The number of allylic oxidation sites excluding steroid dienone is 1. The first-order valence-electron chi connectivity index (χ1n) is 7.24. The topological polar surface area (TPSA) is 29.4 Å². The van der Waals surface area contributed by atoms with E-state index in [4.69, 9.17) is 0 Å². The van der Waals surface area contributed by atoms with E-state index in [2.05, 4.69) is 25.1 Å². The molecule has 106 valence electrons. The molecule has 0 heterocycles. The lowest BCUT2D eigenvalue weighted by Crippen LogP contribution is -2.05. The molecule has 0 unspecified atom stereocenters. The lowest BCUT2D eigenvalue weighted by molar-refractivity contribution is -0.113. The van der Waals surface area contributed by atoms with Gasteiger partial charge in [0.1, 0.15) is 0 Å². The van der Waals surface area contributed by atoms with Gasteiger partial charge in [-0.05, 0) is 26.2 Å². The maximum Gasteiger partial charge on any atom is 0.275 e. The number of hydrogen-bond donors (Lipinski definition) is 0. The van der Waals surface area contributed by atoms with Gasteiger partial charge in [0.05, 0.1) is 0 Å². The van der Waals surface area contributed by atoms with Gasteiger partial charge in [0.15, 0.2) is 0 Å². The van der Waals surface area contributed by atoms with Gasteiger partial charge in [0.25, 0.3) is 5.91 Å². The van der Waals surface area contributed by atoms with Crippen molar-refractivity contribution in [1.82, 2.24) is 0 Å². The van der Waals surface area contributed by atoms with Crippen LogP contribution in [0, 0.1) is 0 Å². The zero-order valence-electron chi connectivity index (χ0n) is 12.5. The van der Waals surface area contributed by atoms with Gasteiger partial charge >= 0.3 is 0 Å². The van der Waals surface area contributed by atoms with Crippen LogP contribution in [-0.4, -0.2) is 17.4 Å². The van der Waals surface area contributed by atoms with Crippen LogP contribution in [0.15, 0.2) is 16.0 Å². The highest BCUT2D eigenvalue weighted by molar-refractivity contribution is 7.87. The van der Waals surface area contributed by atoms with Crippen LogP contribution in [0.4, 0.5) is 0 Å². The monoisotopic (exact) mass is 271 g/mol. The van der Waals surface area contributed by atoms with E-state index >= 15 is 0 Å². The molecule has 0 aliphatic rings. The summed E-state index contributed by atoms with van der Waals surface area (Å²) in [5.74, 6) is 2.16. The zero-order chi connectivity index (χ0) is 13.8. The molecule has 0 aromatic carbocycles. The second kappa shape index (κ2) is 11.6. The van der Waals surface area contributed by atoms with Crippen molar-refractivity contribution >= 4 is 16.6 Å². The summed E-state index contributed by atoms with van der Waals surface area (Å²) in [7, 11) is -0.0438. The first kappa shape index (κ1) is 17.6. The van der Waals surface area contributed by atoms with Gasteiger partial charge in [-0.15, -0.1) is 0 Å². The minimum Gasteiger partial charge on any atom is -0.267 e. The third kappa shape index (κ3) is 9.58. The van der Waals surface area contributed by atoms with Crippen LogP contribution in [0.1, 0.15) is 66.2 Å². The second-order valence-electron chi connectivity index (χ2n) is 4.75. The zero-order valence-corrected chi connectivity index (χ0v) is 13.3. The van der Waals surface area contributed by atoms with E-state index in [9.17, 15) is 4.79 Å². The summed E-state index contributed by atoms with van der Waals surface area (Å²) in [4.78, 5) is 11.8. The third-order valence-corrected chi connectivity index (χ3v) is 4.66. The molecule has 0 bridgehead atoms. The second-order valence-corrected chi connectivity index (χ2v) is 6.67. The van der Waals surface area contributed by atoms with Crippen molar-refractivity contribution in [3.05, 3.63) is 11.6 Å². The number of carbonyl (C=O) groups excluding carboxylic acids is 1. The van der Waals surface area contributed by atoms with Crippen LogP contribution in [0.25, 0.3) is 0 Å². The molecule has 0 aliphatic heterocycles. The fourth-order valence-corrected chi connectivity index (χ4v) is 3.58. The quantitative estimate of drug-likeness (QED) is 0.561. The number of amides is 1. The van der Waals surface area contributed by atoms with Gasteiger partial charge in [-0.25, -0.2) is 0 Å². The van der Waals surface area contributed by atoms with E-state index < -0.39 is 0 Å². The lowest BCUT2D eigenvalue weighted by atomic mass is 10.2. The molecule has 0 saturated heterocycles. The average Bonchev–Trinajstić information content (AvgIpc) is 2.32. The van der Waals surface area contributed by atoms with E-state index in [-0.39, 0.29) is 16.6 Å². The molecule has 2 nitrogen and oxygen atoms in total. The summed E-state index contributed by atoms with van der Waals surface area (Å²) in [6.07, 6.45) is 8.55. The van der Waals surface area contributed by atoms with Gasteiger partial charge in [0.2, 0.25) is 0 Å². The molecular weight excluding hydrogens is 242 g/mol. The summed E-state index contributed by atoms with van der Waals surface area (Å²) in [6.45, 7) is 8.53. The normalized spacial score (nSPS) is 11.9. The van der Waals surface area contributed by atoms with Crippen LogP contribution in [0.3, 0.4) is 0 Å². The molecule has 0 aromatic heterocycles. The standard InChI is InChI=1S/C15H29NOS/c1-5-8-11-18(12-9-6-2)16-15(17)13-14(4)10-7-3/h13H,5-12H2,1-4H3/b14-13+. The predicted molar refractivity (Wildman–Crippen MR) is 83.0 cm³/mol. The molecule has 0 spiro atoms. The summed E-state index contributed by atoms with van der Waals surface area (Å²) in [6, 6.07) is 0. The summed E-state index contributed by atoms with van der Waals surface area (Å²) >= 11 is 0. The molecule has 0 N–H and O–H groups in total. The van der Waals surface area contributed by atoms with Gasteiger partial charge in [-0.3, -0.25) is 4.79 Å². The molecule has 0 aliphatic carbocycles. The Hall–Kier alpha value is -0.440. The Bertz CT molecular complexity index is 285. The van der Waals surface area contributed by atoms with Crippen LogP contribution < -0.4 is 0 Å². The van der Waals surface area contributed by atoms with Crippen LogP contribution >= 0.6 is 0 Å². The Morgan fingerprint density at radius 1 is 1.06 bits per heavy atom. The fourth-order valence-electron chi connectivity index (χ4n) is 1.65. The Balaban J connectivity index is 4.49. The number of nitrogens with zero attached hydrogens (tertiary/aromatic N) is 1. The molecule has 1 amide bonds. The van der Waals surface area contributed by atoms with Gasteiger partial charge in [-0.1, -0.05) is 56.3 Å². The minimum absolute atomic E-state index is 0.0171. The largest absolute Gasteiger partial charge is 0.275 e. The lowest BCUT2D eigenvalue weighted by Gasteiger charge is -2.05. The Morgan fingerprint density at radius 3 is 2.06 bits per heavy atom. The predicted octanol–water partition coefficient (Wildman–Crippen LogP) is 4.66. The van der Waals surface area contributed by atoms with Gasteiger partial charge in [0, 0.05) is 17.6 Å². The Morgan fingerprint density at radius 2 is 1.61 bits per heavy atom. The molecule has 0 radical (unpaired) electrons. The first-order valence-corrected chi connectivity index (χ1v) is 8.76. The Kier molecular flexibility index (Phi) is 11.4. The molecule has 0 rings (SSSR count). The van der Waals surface area contributed by atoms with Crippen LogP contribution in [0.2, 0.25) is 0 Å². The van der Waals surface area contributed by atoms with Gasteiger partial charge < -0.3 is 0 Å². The number of rotatable bonds is 9. The molecule has 0 fully saturated rings. The van der Waals surface area contributed by atoms with E-state index in [1.165, 1.54) is 25.7 Å². The highest BCUT2D eigenvalue weighted by Crippen LogP contribution is 2.05. The highest BCUT2D eigenvalue weighted by Gasteiger charge is 2.01. The maximum atomic E-state index is 11.8. The summed E-state index contributed by atoms with van der Waals surface area (Å²) < 4.78 is 4.39. The highest BCUT2D eigenvalue weighted by atomic mass is 32.2. The number of hydrogen-bond acceptors (Lipinski definition) is 1. The van der Waals surface area contributed by atoms with E-state index in [0.717, 1.165) is 29.9 Å². The smallest absolute Gasteiger partial charge is 0.267 e. The van der Waals surface area contributed by atoms with Crippen molar-refractivity contribution in [2.24, 2.45) is 4.36 Å². The number of carbonyl (C=O) groups is 1. The molecule has 18 heavy (non-hydrogen) atoms. The van der Waals surface area contributed by atoms with E-state index in [1.54, 1.807) is 6.08 Å². The molecule has 0 atom stereocenters. The van der Waals surface area contributed by atoms with Crippen molar-refractivity contribution < 1.29 is 4.79 Å². The van der Waals surface area contributed by atoms with E-state index in [1.807, 2.05) is 6.92 Å². The molecular formula is C15H29NOS. The molecule has 0 saturated carbocycles. The summed E-state index contributed by atoms with van der Waals surface area (Å²) in [5.41, 5.74) is 1.15. The first-order chi connectivity index (χ1) is 8.63.